The minimum Gasteiger partial charge on any atom is -0.214 e. The maximum Gasteiger partial charge on any atom is 0.215 e. The van der Waals surface area contributed by atoms with E-state index < -0.39 is 10.0 Å². The Morgan fingerprint density at radius 2 is 2.07 bits per heavy atom. The van der Waals surface area contributed by atoms with Crippen LogP contribution in [0.3, 0.4) is 0 Å². The zero-order chi connectivity index (χ0) is 10.2. The summed E-state index contributed by atoms with van der Waals surface area (Å²) in [6.45, 7) is 5.20. The smallest absolute Gasteiger partial charge is 0.214 e. The van der Waals surface area contributed by atoms with Crippen molar-refractivity contribution in [3.63, 3.8) is 0 Å². The monoisotopic (exact) mass is 215 g/mol. The molecule has 3 fully saturated rings. The van der Waals surface area contributed by atoms with Gasteiger partial charge in [0.1, 0.15) is 0 Å². The first kappa shape index (κ1) is 9.16. The highest BCUT2D eigenvalue weighted by molar-refractivity contribution is 7.90. The minimum absolute atomic E-state index is 0.0521. The Morgan fingerprint density at radius 1 is 1.36 bits per heavy atom. The summed E-state index contributed by atoms with van der Waals surface area (Å²) in [5, 5.41) is -0.0938. The van der Waals surface area contributed by atoms with Crippen LogP contribution >= 0.6 is 0 Å². The maximum absolute atomic E-state index is 11.8. The van der Waals surface area contributed by atoms with Crippen molar-refractivity contribution in [2.24, 2.45) is 16.7 Å². The van der Waals surface area contributed by atoms with E-state index in [2.05, 4.69) is 18.6 Å². The fourth-order valence-electron chi connectivity index (χ4n) is 4.18. The summed E-state index contributed by atoms with van der Waals surface area (Å²) < 4.78 is 26.4. The summed E-state index contributed by atoms with van der Waals surface area (Å²) in [6.07, 6.45) is 3.21. The Labute approximate surface area is 85.3 Å². The van der Waals surface area contributed by atoms with Crippen LogP contribution in [0.15, 0.2) is 0 Å². The Balaban J connectivity index is 2.17. The number of nitrogens with one attached hydrogen (secondary N) is 1. The summed E-state index contributed by atoms with van der Waals surface area (Å²) in [5.41, 5.74) is 0.269. The molecule has 0 amide bonds. The van der Waals surface area contributed by atoms with Crippen molar-refractivity contribution in [2.75, 3.05) is 6.54 Å². The average molecular weight is 215 g/mol. The Hall–Kier alpha value is -0.0900. The minimum atomic E-state index is -2.99. The molecule has 3 rings (SSSR count). The van der Waals surface area contributed by atoms with Crippen molar-refractivity contribution >= 4 is 10.0 Å². The fraction of sp³-hybridized carbons (Fsp3) is 1.00. The molecule has 1 aliphatic heterocycles. The van der Waals surface area contributed by atoms with Gasteiger partial charge in [0.15, 0.2) is 0 Å². The third-order valence-electron chi connectivity index (χ3n) is 5.32. The van der Waals surface area contributed by atoms with Gasteiger partial charge in [-0.15, -0.1) is 0 Å². The van der Waals surface area contributed by atoms with Crippen LogP contribution in [0, 0.1) is 16.7 Å². The molecule has 0 aromatic rings. The van der Waals surface area contributed by atoms with Crippen LogP contribution < -0.4 is 4.72 Å². The number of rotatable bonds is 0. The van der Waals surface area contributed by atoms with E-state index in [-0.39, 0.29) is 16.1 Å². The van der Waals surface area contributed by atoms with E-state index in [9.17, 15) is 8.42 Å². The quantitative estimate of drug-likeness (QED) is 0.658. The molecule has 2 aliphatic carbocycles. The lowest BCUT2D eigenvalue weighted by Crippen LogP contribution is -2.38. The van der Waals surface area contributed by atoms with Crippen LogP contribution in [-0.2, 0) is 10.0 Å². The SMILES string of the molecule is CC1(C)C2CC[C@]13CNS(=O)(=O)[C@H]3C2. The molecule has 1 saturated heterocycles. The second-order valence-electron chi connectivity index (χ2n) is 5.70. The van der Waals surface area contributed by atoms with E-state index in [1.165, 1.54) is 6.42 Å². The van der Waals surface area contributed by atoms with Crippen LogP contribution in [0.4, 0.5) is 0 Å². The normalized spacial score (nSPS) is 52.1. The standard InChI is InChI=1S/C10H17NO2S/c1-9(2)7-3-4-10(9)6-11-14(12,13)8(10)5-7/h7-8,11H,3-6H2,1-2H3/t7?,8-,10+/m0/s1. The van der Waals surface area contributed by atoms with Crippen LogP contribution in [0.2, 0.25) is 0 Å². The number of hydrogen-bond donors (Lipinski definition) is 1. The Bertz CT molecular complexity index is 387. The molecule has 3 aliphatic rings. The van der Waals surface area contributed by atoms with E-state index in [1.807, 2.05) is 0 Å². The molecule has 1 unspecified atom stereocenters. The van der Waals surface area contributed by atoms with Gasteiger partial charge in [0.2, 0.25) is 10.0 Å². The van der Waals surface area contributed by atoms with Crippen molar-refractivity contribution in [1.82, 2.24) is 4.72 Å². The lowest BCUT2D eigenvalue weighted by molar-refractivity contribution is 0.146. The third-order valence-corrected chi connectivity index (χ3v) is 7.26. The summed E-state index contributed by atoms with van der Waals surface area (Å²) >= 11 is 0. The van der Waals surface area contributed by atoms with E-state index in [4.69, 9.17) is 0 Å². The van der Waals surface area contributed by atoms with Crippen LogP contribution in [0.1, 0.15) is 33.1 Å². The van der Waals surface area contributed by atoms with Crippen LogP contribution in [0.5, 0.6) is 0 Å². The van der Waals surface area contributed by atoms with Crippen molar-refractivity contribution < 1.29 is 8.42 Å². The molecular weight excluding hydrogens is 198 g/mol. The topological polar surface area (TPSA) is 46.2 Å². The third kappa shape index (κ3) is 0.735. The highest BCUT2D eigenvalue weighted by Crippen LogP contribution is 2.68. The lowest BCUT2D eigenvalue weighted by Gasteiger charge is -2.36. The maximum atomic E-state index is 11.8. The zero-order valence-corrected chi connectivity index (χ0v) is 9.52. The van der Waals surface area contributed by atoms with Gasteiger partial charge in [-0.3, -0.25) is 0 Å². The zero-order valence-electron chi connectivity index (χ0n) is 8.71. The van der Waals surface area contributed by atoms with E-state index >= 15 is 0 Å². The van der Waals surface area contributed by atoms with Gasteiger partial charge >= 0.3 is 0 Å². The number of hydrogen-bond acceptors (Lipinski definition) is 2. The molecule has 1 heterocycles. The van der Waals surface area contributed by atoms with Gasteiger partial charge in [-0.1, -0.05) is 13.8 Å². The van der Waals surface area contributed by atoms with E-state index in [1.54, 1.807) is 0 Å². The number of fused-ring (bicyclic) bond motifs is 1. The molecular formula is C10H17NO2S. The molecule has 0 radical (unpaired) electrons. The molecule has 80 valence electrons. The summed E-state index contributed by atoms with van der Waals surface area (Å²) in [5.74, 6) is 0.629. The predicted molar refractivity (Wildman–Crippen MR) is 54.3 cm³/mol. The molecule has 2 saturated carbocycles. The lowest BCUT2D eigenvalue weighted by atomic mass is 9.69. The molecule has 1 N–H and O–H groups in total. The second-order valence-corrected chi connectivity index (χ2v) is 7.65. The molecule has 2 bridgehead atoms. The second kappa shape index (κ2) is 2.19. The van der Waals surface area contributed by atoms with E-state index in [0.717, 1.165) is 12.8 Å². The Morgan fingerprint density at radius 3 is 2.64 bits per heavy atom. The molecule has 3 nitrogen and oxygen atoms in total. The first-order chi connectivity index (χ1) is 6.40. The molecule has 0 aromatic carbocycles. The van der Waals surface area contributed by atoms with Gasteiger partial charge in [0.25, 0.3) is 0 Å². The highest BCUT2D eigenvalue weighted by Gasteiger charge is 2.70. The summed E-state index contributed by atoms with van der Waals surface area (Å²) in [4.78, 5) is 0. The van der Waals surface area contributed by atoms with Gasteiger partial charge in [-0.25, -0.2) is 13.1 Å². The largest absolute Gasteiger partial charge is 0.215 e. The van der Waals surface area contributed by atoms with Gasteiger partial charge in [0.05, 0.1) is 5.25 Å². The fourth-order valence-corrected chi connectivity index (χ4v) is 6.42. The highest BCUT2D eigenvalue weighted by atomic mass is 32.2. The van der Waals surface area contributed by atoms with E-state index in [0.29, 0.717) is 12.5 Å². The first-order valence-electron chi connectivity index (χ1n) is 5.39. The van der Waals surface area contributed by atoms with Crippen LogP contribution in [-0.4, -0.2) is 20.2 Å². The van der Waals surface area contributed by atoms with Crippen molar-refractivity contribution in [1.29, 1.82) is 0 Å². The van der Waals surface area contributed by atoms with Crippen LogP contribution in [0.25, 0.3) is 0 Å². The molecule has 14 heavy (non-hydrogen) atoms. The predicted octanol–water partition coefficient (Wildman–Crippen LogP) is 1.11. The van der Waals surface area contributed by atoms with Gasteiger partial charge in [-0.05, 0) is 30.6 Å². The first-order valence-corrected chi connectivity index (χ1v) is 6.93. The van der Waals surface area contributed by atoms with Crippen molar-refractivity contribution in [2.45, 2.75) is 38.4 Å². The average Bonchev–Trinajstić information content (AvgIpc) is 2.60. The summed E-state index contributed by atoms with van der Waals surface area (Å²) in [6, 6.07) is 0. The molecule has 4 heteroatoms. The van der Waals surface area contributed by atoms with Gasteiger partial charge in [0, 0.05) is 12.0 Å². The van der Waals surface area contributed by atoms with Gasteiger partial charge in [-0.2, -0.15) is 0 Å². The van der Waals surface area contributed by atoms with Gasteiger partial charge < -0.3 is 0 Å². The Kier molecular flexibility index (Phi) is 1.43. The molecule has 3 atom stereocenters. The van der Waals surface area contributed by atoms with Crippen molar-refractivity contribution in [3.05, 3.63) is 0 Å². The molecule has 0 aromatic heterocycles. The number of sulfonamides is 1. The summed E-state index contributed by atoms with van der Waals surface area (Å²) in [7, 11) is -2.99. The van der Waals surface area contributed by atoms with Crippen molar-refractivity contribution in [3.8, 4) is 0 Å². The molecule has 1 spiro atoms.